The van der Waals surface area contributed by atoms with Crippen molar-refractivity contribution in [1.29, 1.82) is 0 Å². The average molecular weight is 329 g/mol. The van der Waals surface area contributed by atoms with Gasteiger partial charge >= 0.3 is 5.97 Å². The number of benzene rings is 1. The molecule has 104 valence electrons. The average Bonchev–Trinajstić information content (AvgIpc) is 2.32. The first-order valence-electron chi connectivity index (χ1n) is 6.06. The van der Waals surface area contributed by atoms with Crippen LogP contribution in [0, 0.1) is 0 Å². The maximum Gasteiger partial charge on any atom is 0.303 e. The molecule has 0 saturated carbocycles. The van der Waals surface area contributed by atoms with Gasteiger partial charge in [0.1, 0.15) is 0 Å². The number of nitrogens with two attached hydrogens (primary N) is 1. The van der Waals surface area contributed by atoms with Crippen molar-refractivity contribution in [1.82, 2.24) is 0 Å². The SMILES string of the molecule is NC(=O)c1c(Br)cccc1NCCCCCC(=O)O. The Hall–Kier alpha value is -1.56. The van der Waals surface area contributed by atoms with Gasteiger partial charge < -0.3 is 16.2 Å². The predicted octanol–water partition coefficient (Wildman–Crippen LogP) is 2.60. The van der Waals surface area contributed by atoms with Crippen molar-refractivity contribution in [2.75, 3.05) is 11.9 Å². The molecule has 0 atom stereocenters. The second-order valence-electron chi connectivity index (χ2n) is 4.16. The van der Waals surface area contributed by atoms with Gasteiger partial charge in [0.05, 0.1) is 5.56 Å². The zero-order valence-electron chi connectivity index (χ0n) is 10.5. The lowest BCUT2D eigenvalue weighted by atomic mass is 10.1. The molecule has 1 aromatic rings. The van der Waals surface area contributed by atoms with E-state index in [1.54, 1.807) is 12.1 Å². The lowest BCUT2D eigenvalue weighted by Crippen LogP contribution is -2.15. The molecule has 5 nitrogen and oxygen atoms in total. The monoisotopic (exact) mass is 328 g/mol. The molecule has 0 heterocycles. The van der Waals surface area contributed by atoms with Crippen LogP contribution in [0.15, 0.2) is 22.7 Å². The Morgan fingerprint density at radius 1 is 1.26 bits per heavy atom. The van der Waals surface area contributed by atoms with E-state index in [0.717, 1.165) is 12.8 Å². The Balaban J connectivity index is 2.43. The Kier molecular flexibility index (Phi) is 6.35. The largest absolute Gasteiger partial charge is 0.481 e. The third kappa shape index (κ3) is 5.30. The van der Waals surface area contributed by atoms with Crippen molar-refractivity contribution in [2.24, 2.45) is 5.73 Å². The zero-order chi connectivity index (χ0) is 14.3. The number of primary amides is 1. The van der Waals surface area contributed by atoms with Crippen molar-refractivity contribution in [3.05, 3.63) is 28.2 Å². The number of carboxylic acid groups (broad SMARTS) is 1. The summed E-state index contributed by atoms with van der Waals surface area (Å²) < 4.78 is 0.663. The van der Waals surface area contributed by atoms with E-state index in [4.69, 9.17) is 10.8 Å². The third-order valence-electron chi connectivity index (χ3n) is 2.64. The van der Waals surface area contributed by atoms with E-state index in [1.165, 1.54) is 0 Å². The number of carbonyl (C=O) groups excluding carboxylic acids is 1. The minimum Gasteiger partial charge on any atom is -0.481 e. The second kappa shape index (κ2) is 7.78. The van der Waals surface area contributed by atoms with Gasteiger partial charge in [0.15, 0.2) is 0 Å². The first-order chi connectivity index (χ1) is 9.02. The topological polar surface area (TPSA) is 92.4 Å². The summed E-state index contributed by atoms with van der Waals surface area (Å²) in [6.45, 7) is 0.677. The lowest BCUT2D eigenvalue weighted by Gasteiger charge is -2.11. The molecule has 0 radical (unpaired) electrons. The Labute approximate surface area is 120 Å². The molecule has 0 saturated heterocycles. The van der Waals surface area contributed by atoms with Gasteiger partial charge in [0.25, 0.3) is 5.91 Å². The van der Waals surface area contributed by atoms with Crippen LogP contribution < -0.4 is 11.1 Å². The van der Waals surface area contributed by atoms with Crippen LogP contribution >= 0.6 is 15.9 Å². The quantitative estimate of drug-likeness (QED) is 0.639. The Morgan fingerprint density at radius 3 is 2.63 bits per heavy atom. The highest BCUT2D eigenvalue weighted by Crippen LogP contribution is 2.24. The van der Waals surface area contributed by atoms with Crippen LogP contribution in [0.3, 0.4) is 0 Å². The van der Waals surface area contributed by atoms with E-state index >= 15 is 0 Å². The van der Waals surface area contributed by atoms with E-state index < -0.39 is 11.9 Å². The maximum absolute atomic E-state index is 11.3. The Bertz CT molecular complexity index is 463. The van der Waals surface area contributed by atoms with E-state index in [0.29, 0.717) is 28.7 Å². The van der Waals surface area contributed by atoms with Gasteiger partial charge in [-0.15, -0.1) is 0 Å². The van der Waals surface area contributed by atoms with Crippen LogP contribution in [-0.2, 0) is 4.79 Å². The van der Waals surface area contributed by atoms with Gasteiger partial charge in [0, 0.05) is 23.1 Å². The summed E-state index contributed by atoms with van der Waals surface area (Å²) in [5.41, 5.74) is 6.46. The summed E-state index contributed by atoms with van der Waals surface area (Å²) in [4.78, 5) is 21.7. The summed E-state index contributed by atoms with van der Waals surface area (Å²) in [6, 6.07) is 5.38. The van der Waals surface area contributed by atoms with Crippen molar-refractivity contribution in [2.45, 2.75) is 25.7 Å². The number of hydrogen-bond donors (Lipinski definition) is 3. The molecule has 0 aliphatic carbocycles. The molecule has 1 amide bonds. The number of carbonyl (C=O) groups is 2. The summed E-state index contributed by atoms with van der Waals surface area (Å²) in [7, 11) is 0. The number of rotatable bonds is 8. The Morgan fingerprint density at radius 2 is 2.00 bits per heavy atom. The van der Waals surface area contributed by atoms with E-state index in [1.807, 2.05) is 6.07 Å². The molecular weight excluding hydrogens is 312 g/mol. The number of anilines is 1. The number of hydrogen-bond acceptors (Lipinski definition) is 3. The molecule has 0 unspecified atom stereocenters. The zero-order valence-corrected chi connectivity index (χ0v) is 12.1. The molecule has 1 aromatic carbocycles. The second-order valence-corrected chi connectivity index (χ2v) is 5.01. The molecular formula is C13H17BrN2O3. The normalized spacial score (nSPS) is 10.2. The summed E-state index contributed by atoms with van der Waals surface area (Å²) in [5.74, 6) is -1.25. The molecule has 19 heavy (non-hydrogen) atoms. The van der Waals surface area contributed by atoms with Crippen molar-refractivity contribution >= 4 is 33.5 Å². The highest BCUT2D eigenvalue weighted by molar-refractivity contribution is 9.10. The van der Waals surface area contributed by atoms with E-state index in [2.05, 4.69) is 21.2 Å². The first kappa shape index (κ1) is 15.5. The highest BCUT2D eigenvalue weighted by atomic mass is 79.9. The van der Waals surface area contributed by atoms with Crippen LogP contribution in [0.25, 0.3) is 0 Å². The predicted molar refractivity (Wildman–Crippen MR) is 77.3 cm³/mol. The minimum absolute atomic E-state index is 0.198. The number of amides is 1. The molecule has 0 spiro atoms. The van der Waals surface area contributed by atoms with Gasteiger partial charge in [-0.2, -0.15) is 0 Å². The van der Waals surface area contributed by atoms with E-state index in [-0.39, 0.29) is 6.42 Å². The van der Waals surface area contributed by atoms with Crippen LogP contribution in [0.4, 0.5) is 5.69 Å². The summed E-state index contributed by atoms with van der Waals surface area (Å²) in [5, 5.41) is 11.6. The van der Waals surface area contributed by atoms with Gasteiger partial charge in [-0.25, -0.2) is 0 Å². The summed E-state index contributed by atoms with van der Waals surface area (Å²) in [6.07, 6.45) is 2.54. The van der Waals surface area contributed by atoms with Crippen molar-refractivity contribution in [3.8, 4) is 0 Å². The van der Waals surface area contributed by atoms with Gasteiger partial charge in [-0.1, -0.05) is 12.5 Å². The molecule has 6 heteroatoms. The molecule has 4 N–H and O–H groups in total. The van der Waals surface area contributed by atoms with Crippen LogP contribution in [0.1, 0.15) is 36.0 Å². The number of aliphatic carboxylic acids is 1. The van der Waals surface area contributed by atoms with Crippen LogP contribution in [-0.4, -0.2) is 23.5 Å². The first-order valence-corrected chi connectivity index (χ1v) is 6.85. The third-order valence-corrected chi connectivity index (χ3v) is 3.30. The minimum atomic E-state index is -0.768. The molecule has 1 rings (SSSR count). The highest BCUT2D eigenvalue weighted by Gasteiger charge is 2.11. The fourth-order valence-electron chi connectivity index (χ4n) is 1.72. The number of carboxylic acids is 1. The molecule has 0 fully saturated rings. The van der Waals surface area contributed by atoms with Gasteiger partial charge in [-0.3, -0.25) is 9.59 Å². The molecule has 0 aliphatic rings. The lowest BCUT2D eigenvalue weighted by molar-refractivity contribution is -0.137. The van der Waals surface area contributed by atoms with Crippen LogP contribution in [0.2, 0.25) is 0 Å². The molecule has 0 aromatic heterocycles. The fourth-order valence-corrected chi connectivity index (χ4v) is 2.28. The van der Waals surface area contributed by atoms with Gasteiger partial charge in [-0.05, 0) is 40.9 Å². The number of nitrogens with one attached hydrogen (secondary N) is 1. The maximum atomic E-state index is 11.3. The fraction of sp³-hybridized carbons (Fsp3) is 0.385. The number of halogens is 1. The molecule has 0 aliphatic heterocycles. The van der Waals surface area contributed by atoms with Crippen molar-refractivity contribution in [3.63, 3.8) is 0 Å². The summed E-state index contributed by atoms with van der Waals surface area (Å²) >= 11 is 3.29. The molecule has 0 bridgehead atoms. The van der Waals surface area contributed by atoms with E-state index in [9.17, 15) is 9.59 Å². The van der Waals surface area contributed by atoms with Crippen molar-refractivity contribution < 1.29 is 14.7 Å². The van der Waals surface area contributed by atoms with Crippen LogP contribution in [0.5, 0.6) is 0 Å². The van der Waals surface area contributed by atoms with Gasteiger partial charge in [0.2, 0.25) is 0 Å². The smallest absolute Gasteiger partial charge is 0.303 e. The number of unbranched alkanes of at least 4 members (excludes halogenated alkanes) is 2. The standard InChI is InChI=1S/C13H17BrN2O3/c14-9-5-4-6-10(12(9)13(15)19)16-8-3-1-2-7-11(17)18/h4-6,16H,1-3,7-8H2,(H2,15,19)(H,17,18).